The Balaban J connectivity index is 2.48. The van der Waals surface area contributed by atoms with Gasteiger partial charge < -0.3 is 4.84 Å². The minimum Gasteiger partial charge on any atom is -0.341 e. The third kappa shape index (κ3) is 1.46. The number of hydrazone groups is 1. The summed E-state index contributed by atoms with van der Waals surface area (Å²) in [5, 5.41) is 9.49. The van der Waals surface area contributed by atoms with Crippen molar-refractivity contribution in [2.45, 2.75) is 20.3 Å². The van der Waals surface area contributed by atoms with Gasteiger partial charge in [-0.1, -0.05) is 12.1 Å². The molecule has 0 aliphatic carbocycles. The van der Waals surface area contributed by atoms with E-state index in [9.17, 15) is 0 Å². The fourth-order valence-corrected chi connectivity index (χ4v) is 0.740. The summed E-state index contributed by atoms with van der Waals surface area (Å²) in [7, 11) is 0. The van der Waals surface area contributed by atoms with Crippen LogP contribution in [-0.2, 0) is 4.84 Å². The molecule has 0 amide bonds. The van der Waals surface area contributed by atoms with Crippen molar-refractivity contribution in [1.29, 1.82) is 0 Å². The first-order valence-electron chi connectivity index (χ1n) is 3.35. The quantitative estimate of drug-likeness (QED) is 0.575. The van der Waals surface area contributed by atoms with Crippen LogP contribution in [0.5, 0.6) is 0 Å². The fourth-order valence-electron chi connectivity index (χ4n) is 0.740. The molecule has 0 spiro atoms. The van der Waals surface area contributed by atoms with Crippen molar-refractivity contribution in [2.75, 3.05) is 6.54 Å². The van der Waals surface area contributed by atoms with Gasteiger partial charge in [-0.2, -0.15) is 0 Å². The van der Waals surface area contributed by atoms with Gasteiger partial charge in [-0.05, 0) is 13.3 Å². The Morgan fingerprint density at radius 2 is 2.50 bits per heavy atom. The predicted molar refractivity (Wildman–Crippen MR) is 39.7 cm³/mol. The first-order chi connectivity index (χ1) is 4.84. The molecule has 0 saturated carbocycles. The normalized spacial score (nSPS) is 16.6. The monoisotopic (exact) mass is 141 g/mol. The van der Waals surface area contributed by atoms with Crippen molar-refractivity contribution in [1.82, 2.24) is 5.01 Å². The molecule has 1 aliphatic rings. The van der Waals surface area contributed by atoms with Crippen LogP contribution in [0.1, 0.15) is 20.3 Å². The van der Waals surface area contributed by atoms with Crippen molar-refractivity contribution in [3.8, 4) is 0 Å². The Morgan fingerprint density at radius 3 is 3.10 bits per heavy atom. The van der Waals surface area contributed by atoms with Crippen LogP contribution >= 0.6 is 0 Å². The molecule has 4 heteroatoms. The molecule has 0 aromatic rings. The van der Waals surface area contributed by atoms with Crippen LogP contribution in [0.4, 0.5) is 0 Å². The maximum absolute atomic E-state index is 4.61. The number of amidine groups is 1. The lowest BCUT2D eigenvalue weighted by Crippen LogP contribution is -2.26. The standard InChI is InChI=1S/C6H11N3O/c1-3-4-9-6(2)8-10-5-7-9/h5H,3-4H2,1-2H3. The topological polar surface area (TPSA) is 37.2 Å². The van der Waals surface area contributed by atoms with E-state index in [4.69, 9.17) is 0 Å². The molecule has 0 fully saturated rings. The van der Waals surface area contributed by atoms with Gasteiger partial charge in [0.15, 0.2) is 5.84 Å². The molecule has 10 heavy (non-hydrogen) atoms. The van der Waals surface area contributed by atoms with Gasteiger partial charge in [0.05, 0.1) is 0 Å². The average molecular weight is 141 g/mol. The largest absolute Gasteiger partial charge is 0.341 e. The highest BCUT2D eigenvalue weighted by Crippen LogP contribution is 1.99. The summed E-state index contributed by atoms with van der Waals surface area (Å²) in [5.41, 5.74) is 0. The number of hydrogen-bond acceptors (Lipinski definition) is 4. The summed E-state index contributed by atoms with van der Waals surface area (Å²) >= 11 is 0. The smallest absolute Gasteiger partial charge is 0.229 e. The van der Waals surface area contributed by atoms with Crippen molar-refractivity contribution in [3.63, 3.8) is 0 Å². The predicted octanol–water partition coefficient (Wildman–Crippen LogP) is 1.01. The molecule has 0 N–H and O–H groups in total. The summed E-state index contributed by atoms with van der Waals surface area (Å²) in [6.07, 6.45) is 2.40. The molecule has 0 radical (unpaired) electrons. The van der Waals surface area contributed by atoms with E-state index < -0.39 is 0 Å². The fraction of sp³-hybridized carbons (Fsp3) is 0.667. The van der Waals surface area contributed by atoms with Crippen LogP contribution in [0.2, 0.25) is 0 Å². The van der Waals surface area contributed by atoms with Crippen LogP contribution in [0, 0.1) is 0 Å². The molecule has 56 valence electrons. The Kier molecular flexibility index (Phi) is 2.25. The summed E-state index contributed by atoms with van der Waals surface area (Å²) < 4.78 is 0. The van der Waals surface area contributed by atoms with Crippen LogP contribution in [0.3, 0.4) is 0 Å². The average Bonchev–Trinajstić information content (AvgIpc) is 1.94. The molecule has 0 unspecified atom stereocenters. The Bertz CT molecular complexity index is 164. The molecule has 1 heterocycles. The third-order valence-electron chi connectivity index (χ3n) is 1.23. The van der Waals surface area contributed by atoms with E-state index in [-0.39, 0.29) is 0 Å². The molecule has 1 aliphatic heterocycles. The van der Waals surface area contributed by atoms with Crippen molar-refractivity contribution in [2.24, 2.45) is 10.3 Å². The zero-order valence-electron chi connectivity index (χ0n) is 6.24. The second-order valence-corrected chi connectivity index (χ2v) is 2.09. The minimum atomic E-state index is 0.810. The van der Waals surface area contributed by atoms with Gasteiger partial charge in [0.1, 0.15) is 0 Å². The van der Waals surface area contributed by atoms with E-state index >= 15 is 0 Å². The molecule has 0 atom stereocenters. The minimum absolute atomic E-state index is 0.810. The molecule has 0 aromatic carbocycles. The molecule has 1 rings (SSSR count). The molecular weight excluding hydrogens is 130 g/mol. The first-order valence-corrected chi connectivity index (χ1v) is 3.35. The zero-order valence-corrected chi connectivity index (χ0v) is 6.24. The van der Waals surface area contributed by atoms with Crippen molar-refractivity contribution in [3.05, 3.63) is 0 Å². The van der Waals surface area contributed by atoms with Gasteiger partial charge in [-0.15, -0.1) is 5.10 Å². The number of nitrogens with zero attached hydrogens (tertiary/aromatic N) is 3. The SMILES string of the molecule is CCCN1N=CON=C1C. The number of rotatable bonds is 2. The van der Waals surface area contributed by atoms with Gasteiger partial charge >= 0.3 is 0 Å². The van der Waals surface area contributed by atoms with Gasteiger partial charge in [0.2, 0.25) is 6.40 Å². The van der Waals surface area contributed by atoms with Crippen LogP contribution in [-0.4, -0.2) is 23.8 Å². The van der Waals surface area contributed by atoms with E-state index in [1.54, 1.807) is 0 Å². The van der Waals surface area contributed by atoms with Gasteiger partial charge in [0.25, 0.3) is 0 Å². The van der Waals surface area contributed by atoms with Gasteiger partial charge in [0, 0.05) is 6.54 Å². The third-order valence-corrected chi connectivity index (χ3v) is 1.23. The zero-order chi connectivity index (χ0) is 7.40. The summed E-state index contributed by atoms with van der Waals surface area (Å²) in [5.74, 6) is 0.810. The van der Waals surface area contributed by atoms with Gasteiger partial charge in [-0.25, -0.2) is 5.01 Å². The van der Waals surface area contributed by atoms with Gasteiger partial charge in [-0.3, -0.25) is 0 Å². The second kappa shape index (κ2) is 3.20. The maximum Gasteiger partial charge on any atom is 0.229 e. The van der Waals surface area contributed by atoms with E-state index in [1.165, 1.54) is 6.40 Å². The Hall–Kier alpha value is -1.06. The van der Waals surface area contributed by atoms with E-state index in [0.29, 0.717) is 0 Å². The molecule has 0 saturated heterocycles. The number of hydrogen-bond donors (Lipinski definition) is 0. The highest BCUT2D eigenvalue weighted by Gasteiger charge is 2.06. The Labute approximate surface area is 60.1 Å². The Morgan fingerprint density at radius 1 is 1.70 bits per heavy atom. The maximum atomic E-state index is 4.61. The van der Waals surface area contributed by atoms with E-state index in [2.05, 4.69) is 22.0 Å². The molecule has 0 bridgehead atoms. The van der Waals surface area contributed by atoms with Crippen LogP contribution in [0.15, 0.2) is 10.3 Å². The van der Waals surface area contributed by atoms with Crippen LogP contribution in [0.25, 0.3) is 0 Å². The molecular formula is C6H11N3O. The van der Waals surface area contributed by atoms with Crippen LogP contribution < -0.4 is 0 Å². The molecule has 4 nitrogen and oxygen atoms in total. The van der Waals surface area contributed by atoms with Crippen molar-refractivity contribution >= 4 is 12.2 Å². The number of oxime groups is 1. The second-order valence-electron chi connectivity index (χ2n) is 2.09. The summed E-state index contributed by atoms with van der Waals surface area (Å²) in [6.45, 7) is 4.86. The lowest BCUT2D eigenvalue weighted by atomic mass is 10.4. The highest BCUT2D eigenvalue weighted by atomic mass is 16.6. The summed E-state index contributed by atoms with van der Waals surface area (Å²) in [4.78, 5) is 4.61. The lowest BCUT2D eigenvalue weighted by Gasteiger charge is -2.18. The molecule has 0 aromatic heterocycles. The van der Waals surface area contributed by atoms with E-state index in [1.807, 2.05) is 11.9 Å². The van der Waals surface area contributed by atoms with Crippen molar-refractivity contribution < 1.29 is 4.84 Å². The van der Waals surface area contributed by atoms with E-state index in [0.717, 1.165) is 18.8 Å². The first kappa shape index (κ1) is 7.05. The summed E-state index contributed by atoms with van der Waals surface area (Å²) in [6, 6.07) is 0. The lowest BCUT2D eigenvalue weighted by molar-refractivity contribution is 0.286. The highest BCUT2D eigenvalue weighted by molar-refractivity contribution is 5.80.